The summed E-state index contributed by atoms with van der Waals surface area (Å²) in [6.07, 6.45) is 5.62. The molecule has 0 radical (unpaired) electrons. The lowest BCUT2D eigenvalue weighted by atomic mass is 9.81. The molecule has 0 aliphatic carbocycles. The van der Waals surface area contributed by atoms with Crippen LogP contribution < -0.4 is 4.57 Å². The molecule has 0 saturated carbocycles. The smallest absolute Gasteiger partial charge is 0.234 e. The van der Waals surface area contributed by atoms with Gasteiger partial charge in [0.05, 0.1) is 24.5 Å². The van der Waals surface area contributed by atoms with Crippen LogP contribution in [0.2, 0.25) is 0 Å². The minimum Gasteiger partial charge on any atom is -0.456 e. The molecule has 2 heterocycles. The van der Waals surface area contributed by atoms with Crippen LogP contribution in [0.25, 0.3) is 49.2 Å². The van der Waals surface area contributed by atoms with Gasteiger partial charge in [0, 0.05) is 16.3 Å². The summed E-state index contributed by atoms with van der Waals surface area (Å²) in [6, 6.07) is 16.3. The standard InChI is InChI=1S/C29H26N3O/c1-18-16-21(29(2,3)4)26-20-12-13-22(30-5)25(19-10-8-7-9-11-19)27(20)33-28(26)24(18)23-17-31-14-15-32(23)6/h7-17H,1-4,6H3/q+1. The number of hydrogen-bond donors (Lipinski definition) is 0. The van der Waals surface area contributed by atoms with Gasteiger partial charge in [0.25, 0.3) is 0 Å². The average molecular weight is 433 g/mol. The fourth-order valence-corrected chi connectivity index (χ4v) is 4.69. The van der Waals surface area contributed by atoms with Gasteiger partial charge >= 0.3 is 0 Å². The molecule has 0 amide bonds. The van der Waals surface area contributed by atoms with Gasteiger partial charge in [0.15, 0.2) is 11.9 Å². The van der Waals surface area contributed by atoms with Crippen LogP contribution in [0.1, 0.15) is 31.9 Å². The van der Waals surface area contributed by atoms with E-state index in [0.717, 1.165) is 49.9 Å². The zero-order chi connectivity index (χ0) is 23.3. The van der Waals surface area contributed by atoms with Gasteiger partial charge in [-0.15, -0.1) is 0 Å². The summed E-state index contributed by atoms with van der Waals surface area (Å²) in [5.41, 5.74) is 8.34. The van der Waals surface area contributed by atoms with Gasteiger partial charge in [0.2, 0.25) is 5.69 Å². The van der Waals surface area contributed by atoms with E-state index in [1.165, 1.54) is 5.56 Å². The lowest BCUT2D eigenvalue weighted by Crippen LogP contribution is -2.30. The first-order valence-corrected chi connectivity index (χ1v) is 11.1. The number of hydrogen-bond acceptors (Lipinski definition) is 2. The molecule has 0 atom stereocenters. The highest BCUT2D eigenvalue weighted by Crippen LogP contribution is 2.47. The Morgan fingerprint density at radius 3 is 2.42 bits per heavy atom. The first-order valence-electron chi connectivity index (χ1n) is 11.1. The van der Waals surface area contributed by atoms with Crippen LogP contribution in [-0.4, -0.2) is 4.98 Å². The lowest BCUT2D eigenvalue weighted by Gasteiger charge is -2.22. The van der Waals surface area contributed by atoms with Crippen molar-refractivity contribution in [2.45, 2.75) is 33.1 Å². The Kier molecular flexibility index (Phi) is 4.79. The predicted molar refractivity (Wildman–Crippen MR) is 133 cm³/mol. The molecule has 0 bridgehead atoms. The molecule has 0 aliphatic heterocycles. The number of aryl methyl sites for hydroxylation is 2. The molecule has 0 saturated heterocycles. The van der Waals surface area contributed by atoms with Crippen molar-refractivity contribution in [3.8, 4) is 22.4 Å². The molecular weight excluding hydrogens is 406 g/mol. The van der Waals surface area contributed by atoms with Crippen LogP contribution in [0.5, 0.6) is 0 Å². The molecule has 0 unspecified atom stereocenters. The minimum absolute atomic E-state index is 0.0825. The summed E-state index contributed by atoms with van der Waals surface area (Å²) < 4.78 is 8.82. The molecule has 33 heavy (non-hydrogen) atoms. The molecule has 3 aromatic carbocycles. The summed E-state index contributed by atoms with van der Waals surface area (Å²) in [4.78, 5) is 8.21. The highest BCUT2D eigenvalue weighted by molar-refractivity contribution is 6.16. The van der Waals surface area contributed by atoms with Crippen molar-refractivity contribution >= 4 is 27.6 Å². The number of nitrogens with zero attached hydrogens (tertiary/aromatic N) is 3. The van der Waals surface area contributed by atoms with Crippen molar-refractivity contribution in [2.24, 2.45) is 7.05 Å². The Hall–Kier alpha value is -3.97. The Morgan fingerprint density at radius 1 is 1.00 bits per heavy atom. The molecule has 5 rings (SSSR count). The number of fused-ring (bicyclic) bond motifs is 3. The van der Waals surface area contributed by atoms with Gasteiger partial charge in [0.1, 0.15) is 18.2 Å². The van der Waals surface area contributed by atoms with Crippen molar-refractivity contribution in [3.05, 3.63) is 89.7 Å². The van der Waals surface area contributed by atoms with Crippen LogP contribution in [0.15, 0.2) is 71.5 Å². The normalized spacial score (nSPS) is 11.8. The molecule has 4 nitrogen and oxygen atoms in total. The molecule has 0 N–H and O–H groups in total. The molecule has 0 spiro atoms. The molecule has 5 aromatic rings. The molecular formula is C29H26N3O+. The Bertz CT molecular complexity index is 1560. The third-order valence-corrected chi connectivity index (χ3v) is 6.29. The van der Waals surface area contributed by atoms with Gasteiger partial charge < -0.3 is 4.42 Å². The molecule has 4 heteroatoms. The van der Waals surface area contributed by atoms with E-state index in [1.807, 2.05) is 61.9 Å². The second-order valence-electron chi connectivity index (χ2n) is 9.56. The maximum Gasteiger partial charge on any atom is 0.234 e. The molecule has 0 aliphatic rings. The van der Waals surface area contributed by atoms with Gasteiger partial charge in [-0.25, -0.2) is 4.85 Å². The maximum absolute atomic E-state index is 7.80. The zero-order valence-electron chi connectivity index (χ0n) is 19.6. The fourth-order valence-electron chi connectivity index (χ4n) is 4.69. The van der Waals surface area contributed by atoms with E-state index >= 15 is 0 Å². The number of furan rings is 1. The quantitative estimate of drug-likeness (QED) is 0.217. The molecule has 2 aromatic heterocycles. The zero-order valence-corrected chi connectivity index (χ0v) is 19.6. The van der Waals surface area contributed by atoms with E-state index in [-0.39, 0.29) is 5.41 Å². The summed E-state index contributed by atoms with van der Waals surface area (Å²) in [5.74, 6) is 0. The lowest BCUT2D eigenvalue weighted by molar-refractivity contribution is -0.660. The summed E-state index contributed by atoms with van der Waals surface area (Å²) >= 11 is 0. The van der Waals surface area contributed by atoms with Crippen molar-refractivity contribution in [2.75, 3.05) is 0 Å². The van der Waals surface area contributed by atoms with Gasteiger partial charge in [-0.3, -0.25) is 4.98 Å². The Labute approximate surface area is 194 Å². The molecule has 0 fully saturated rings. The second kappa shape index (κ2) is 7.56. The summed E-state index contributed by atoms with van der Waals surface area (Å²) in [5, 5.41) is 2.14. The Balaban J connectivity index is 2.02. The van der Waals surface area contributed by atoms with E-state index in [4.69, 9.17) is 11.0 Å². The first kappa shape index (κ1) is 20.9. The third-order valence-electron chi connectivity index (χ3n) is 6.29. The maximum atomic E-state index is 7.80. The van der Waals surface area contributed by atoms with Gasteiger partial charge in [-0.05, 0) is 29.0 Å². The van der Waals surface area contributed by atoms with Crippen molar-refractivity contribution in [3.63, 3.8) is 0 Å². The largest absolute Gasteiger partial charge is 0.456 e. The van der Waals surface area contributed by atoms with E-state index < -0.39 is 0 Å². The topological polar surface area (TPSA) is 34.3 Å². The van der Waals surface area contributed by atoms with Crippen molar-refractivity contribution < 1.29 is 8.98 Å². The third kappa shape index (κ3) is 3.29. The van der Waals surface area contributed by atoms with Crippen LogP contribution >= 0.6 is 0 Å². The summed E-state index contributed by atoms with van der Waals surface area (Å²) in [6.45, 7) is 16.6. The number of rotatable bonds is 2. The van der Waals surface area contributed by atoms with Gasteiger partial charge in [-0.2, -0.15) is 4.57 Å². The number of aromatic nitrogens is 2. The van der Waals surface area contributed by atoms with Crippen LogP contribution in [-0.2, 0) is 12.5 Å². The summed E-state index contributed by atoms with van der Waals surface area (Å²) in [7, 11) is 2.02. The highest BCUT2D eigenvalue weighted by atomic mass is 16.3. The van der Waals surface area contributed by atoms with E-state index in [0.29, 0.717) is 5.69 Å². The predicted octanol–water partition coefficient (Wildman–Crippen LogP) is 7.30. The van der Waals surface area contributed by atoms with E-state index in [2.05, 4.69) is 48.2 Å². The van der Waals surface area contributed by atoms with Crippen molar-refractivity contribution in [1.29, 1.82) is 0 Å². The monoisotopic (exact) mass is 432 g/mol. The second-order valence-corrected chi connectivity index (χ2v) is 9.56. The number of benzene rings is 3. The van der Waals surface area contributed by atoms with Crippen molar-refractivity contribution in [1.82, 2.24) is 4.98 Å². The highest BCUT2D eigenvalue weighted by Gasteiger charge is 2.28. The van der Waals surface area contributed by atoms with Crippen LogP contribution in [0.4, 0.5) is 5.69 Å². The fraction of sp³-hybridized carbons (Fsp3) is 0.207. The first-order chi connectivity index (χ1) is 15.8. The van der Waals surface area contributed by atoms with Gasteiger partial charge in [-0.1, -0.05) is 69.3 Å². The van der Waals surface area contributed by atoms with E-state index in [1.54, 1.807) is 6.20 Å². The minimum atomic E-state index is -0.0825. The van der Waals surface area contributed by atoms with Crippen LogP contribution in [0.3, 0.4) is 0 Å². The SMILES string of the molecule is [C-]#[N+]c1ccc2c(oc3c(-c4cncc[n+]4C)c(C)cc(C(C)(C)C)c32)c1-c1ccccc1. The van der Waals surface area contributed by atoms with E-state index in [9.17, 15) is 0 Å². The Morgan fingerprint density at radius 2 is 1.76 bits per heavy atom. The van der Waals surface area contributed by atoms with Crippen LogP contribution in [0, 0.1) is 13.5 Å². The average Bonchev–Trinajstić information content (AvgIpc) is 3.17. The molecule has 162 valence electrons.